The number of nitrogens with zero attached hydrogens (tertiary/aromatic N) is 1. The zero-order chi connectivity index (χ0) is 15.0. The van der Waals surface area contributed by atoms with Crippen LogP contribution in [0.4, 0.5) is 0 Å². The van der Waals surface area contributed by atoms with Gasteiger partial charge in [0.2, 0.25) is 5.88 Å². The zero-order valence-corrected chi connectivity index (χ0v) is 12.0. The molecule has 1 heterocycles. The Bertz CT molecular complexity index is 728. The van der Waals surface area contributed by atoms with Gasteiger partial charge in [-0.15, -0.1) is 0 Å². The van der Waals surface area contributed by atoms with Crippen molar-refractivity contribution in [2.24, 2.45) is 5.73 Å². The Morgan fingerprint density at radius 1 is 1.33 bits per heavy atom. The molecule has 1 unspecified atom stereocenters. The van der Waals surface area contributed by atoms with Crippen molar-refractivity contribution < 1.29 is 9.53 Å². The predicted octanol–water partition coefficient (Wildman–Crippen LogP) is 3.15. The van der Waals surface area contributed by atoms with Gasteiger partial charge in [0, 0.05) is 24.3 Å². The summed E-state index contributed by atoms with van der Waals surface area (Å²) in [6.07, 6.45) is 1.25. The molecule has 0 amide bonds. The maximum Gasteiger partial charge on any atom is 0.205 e. The average molecular weight is 301 g/mol. The van der Waals surface area contributed by atoms with Gasteiger partial charge in [0.15, 0.2) is 0 Å². The van der Waals surface area contributed by atoms with Crippen LogP contribution in [0.2, 0.25) is 5.02 Å². The summed E-state index contributed by atoms with van der Waals surface area (Å²) >= 11 is 6.27. The molecule has 21 heavy (non-hydrogen) atoms. The van der Waals surface area contributed by atoms with Gasteiger partial charge in [0.25, 0.3) is 0 Å². The summed E-state index contributed by atoms with van der Waals surface area (Å²) in [5.74, 6) is 0.565. The first-order valence-electron chi connectivity index (χ1n) is 6.67. The molecular formula is C16H13ClN2O2. The summed E-state index contributed by atoms with van der Waals surface area (Å²) in [5.41, 5.74) is 7.79. The zero-order valence-electron chi connectivity index (χ0n) is 11.2. The van der Waals surface area contributed by atoms with Gasteiger partial charge in [-0.3, -0.25) is 4.79 Å². The van der Waals surface area contributed by atoms with Crippen molar-refractivity contribution in [1.29, 1.82) is 5.26 Å². The summed E-state index contributed by atoms with van der Waals surface area (Å²) in [6, 6.07) is 9.40. The van der Waals surface area contributed by atoms with Crippen LogP contribution in [0.1, 0.15) is 30.7 Å². The van der Waals surface area contributed by atoms with Crippen LogP contribution in [0, 0.1) is 11.3 Å². The minimum atomic E-state index is -0.392. The largest absolute Gasteiger partial charge is 0.445 e. The molecule has 4 nitrogen and oxygen atoms in total. The number of nitriles is 1. The lowest BCUT2D eigenvalue weighted by Gasteiger charge is -2.31. The summed E-state index contributed by atoms with van der Waals surface area (Å²) in [5, 5.41) is 9.97. The number of nitrogens with two attached hydrogens (primary N) is 1. The summed E-state index contributed by atoms with van der Waals surface area (Å²) in [6.45, 7) is 0. The van der Waals surface area contributed by atoms with Crippen molar-refractivity contribution in [1.82, 2.24) is 0 Å². The number of hydrogen-bond acceptors (Lipinski definition) is 4. The Balaban J connectivity index is 2.18. The minimum Gasteiger partial charge on any atom is -0.445 e. The fourth-order valence-corrected chi connectivity index (χ4v) is 3.11. The monoisotopic (exact) mass is 300 g/mol. The topological polar surface area (TPSA) is 76.1 Å². The molecule has 0 radical (unpaired) electrons. The number of carbonyl (C=O) groups excluding carboxylic acids is 1. The fraction of sp³-hybridized carbons (Fsp3) is 0.250. The summed E-state index contributed by atoms with van der Waals surface area (Å²) in [7, 11) is 0. The van der Waals surface area contributed by atoms with Gasteiger partial charge in [-0.05, 0) is 17.2 Å². The highest BCUT2D eigenvalue weighted by atomic mass is 35.5. The third kappa shape index (κ3) is 2.30. The number of hydrogen-bond donors (Lipinski definition) is 1. The van der Waals surface area contributed by atoms with E-state index in [2.05, 4.69) is 6.07 Å². The number of Topliss-reactive ketones (excluding diaryl/α,β-unsaturated/α-hetero) is 1. The Labute approximate surface area is 127 Å². The first-order chi connectivity index (χ1) is 10.1. The lowest BCUT2D eigenvalue weighted by molar-refractivity contribution is -0.119. The molecule has 106 valence electrons. The number of ether oxygens (including phenoxy) is 1. The molecule has 0 saturated carbocycles. The van der Waals surface area contributed by atoms with Crippen LogP contribution in [0.3, 0.4) is 0 Å². The standard InChI is InChI=1S/C16H13ClN2O2/c17-13-4-2-1-3-10(13)15-11-7-9(20)5-6-14(11)21-16(19)12(15)8-18/h1-4,15H,5-7,19H2. The van der Waals surface area contributed by atoms with Gasteiger partial charge < -0.3 is 10.5 Å². The maximum atomic E-state index is 11.8. The molecule has 5 heteroatoms. The van der Waals surface area contributed by atoms with Crippen LogP contribution in [-0.4, -0.2) is 5.78 Å². The quantitative estimate of drug-likeness (QED) is 0.864. The maximum absolute atomic E-state index is 11.8. The molecule has 1 aliphatic heterocycles. The molecule has 1 atom stereocenters. The highest BCUT2D eigenvalue weighted by Gasteiger charge is 2.36. The number of carbonyl (C=O) groups is 1. The van der Waals surface area contributed by atoms with Crippen molar-refractivity contribution >= 4 is 17.4 Å². The Kier molecular flexibility index (Phi) is 3.44. The van der Waals surface area contributed by atoms with E-state index in [-0.39, 0.29) is 18.1 Å². The Hall–Kier alpha value is -2.25. The van der Waals surface area contributed by atoms with Crippen LogP contribution in [0.5, 0.6) is 0 Å². The highest BCUT2D eigenvalue weighted by Crippen LogP contribution is 2.45. The number of rotatable bonds is 1. The van der Waals surface area contributed by atoms with Gasteiger partial charge in [-0.25, -0.2) is 0 Å². The molecule has 0 aromatic heterocycles. The molecule has 0 saturated heterocycles. The number of benzene rings is 1. The van der Waals surface area contributed by atoms with Gasteiger partial charge in [-0.1, -0.05) is 29.8 Å². The number of ketones is 1. The van der Waals surface area contributed by atoms with Crippen molar-refractivity contribution in [2.75, 3.05) is 0 Å². The summed E-state index contributed by atoms with van der Waals surface area (Å²) in [4.78, 5) is 11.8. The first kappa shape index (κ1) is 13.7. The van der Waals surface area contributed by atoms with Crippen molar-refractivity contribution in [3.63, 3.8) is 0 Å². The SMILES string of the molecule is N#CC1=C(N)OC2=C(CC(=O)CC2)C1c1ccccc1Cl. The normalized spacial score (nSPS) is 21.7. The van der Waals surface area contributed by atoms with E-state index in [4.69, 9.17) is 22.1 Å². The lowest BCUT2D eigenvalue weighted by Crippen LogP contribution is -2.25. The van der Waals surface area contributed by atoms with Gasteiger partial charge in [0.1, 0.15) is 23.2 Å². The third-order valence-corrected chi connectivity index (χ3v) is 4.19. The highest BCUT2D eigenvalue weighted by molar-refractivity contribution is 6.31. The van der Waals surface area contributed by atoms with E-state index in [9.17, 15) is 10.1 Å². The van der Waals surface area contributed by atoms with Crippen molar-refractivity contribution in [3.05, 3.63) is 57.6 Å². The molecule has 1 aromatic carbocycles. The molecule has 3 rings (SSSR count). The Morgan fingerprint density at radius 3 is 2.81 bits per heavy atom. The van der Waals surface area contributed by atoms with Crippen LogP contribution >= 0.6 is 11.6 Å². The van der Waals surface area contributed by atoms with Gasteiger partial charge >= 0.3 is 0 Å². The minimum absolute atomic E-state index is 0.107. The predicted molar refractivity (Wildman–Crippen MR) is 78.0 cm³/mol. The van der Waals surface area contributed by atoms with Crippen molar-refractivity contribution in [2.45, 2.75) is 25.2 Å². The first-order valence-corrected chi connectivity index (χ1v) is 7.05. The van der Waals surface area contributed by atoms with Crippen LogP contribution in [-0.2, 0) is 9.53 Å². The van der Waals surface area contributed by atoms with E-state index in [1.165, 1.54) is 0 Å². The second-order valence-electron chi connectivity index (χ2n) is 5.11. The second-order valence-corrected chi connectivity index (χ2v) is 5.52. The van der Waals surface area contributed by atoms with Gasteiger partial charge in [0.05, 0.1) is 5.92 Å². The molecule has 1 aliphatic carbocycles. The van der Waals surface area contributed by atoms with E-state index >= 15 is 0 Å². The Morgan fingerprint density at radius 2 is 2.10 bits per heavy atom. The van der Waals surface area contributed by atoms with Crippen LogP contribution in [0.25, 0.3) is 0 Å². The van der Waals surface area contributed by atoms with Gasteiger partial charge in [-0.2, -0.15) is 5.26 Å². The summed E-state index contributed by atoms with van der Waals surface area (Å²) < 4.78 is 5.55. The van der Waals surface area contributed by atoms with E-state index in [0.29, 0.717) is 29.2 Å². The molecule has 0 fully saturated rings. The van der Waals surface area contributed by atoms with Crippen LogP contribution in [0.15, 0.2) is 47.1 Å². The number of allylic oxidation sites excluding steroid dienone is 3. The molecule has 2 N–H and O–H groups in total. The molecular weight excluding hydrogens is 288 g/mol. The average Bonchev–Trinajstić information content (AvgIpc) is 2.47. The molecule has 2 aliphatic rings. The second kappa shape index (κ2) is 5.27. The molecule has 0 spiro atoms. The number of halogens is 1. The smallest absolute Gasteiger partial charge is 0.205 e. The van der Waals surface area contributed by atoms with E-state index in [0.717, 1.165) is 11.1 Å². The lowest BCUT2D eigenvalue weighted by atomic mass is 9.78. The van der Waals surface area contributed by atoms with Crippen molar-refractivity contribution in [3.8, 4) is 6.07 Å². The third-order valence-electron chi connectivity index (χ3n) is 3.85. The fourth-order valence-electron chi connectivity index (χ4n) is 2.87. The van der Waals surface area contributed by atoms with Crippen LogP contribution < -0.4 is 5.73 Å². The van der Waals surface area contributed by atoms with E-state index < -0.39 is 5.92 Å². The molecule has 0 bridgehead atoms. The van der Waals surface area contributed by atoms with E-state index in [1.807, 2.05) is 18.2 Å². The van der Waals surface area contributed by atoms with E-state index in [1.54, 1.807) is 6.07 Å². The molecule has 1 aromatic rings.